The van der Waals surface area contributed by atoms with Crippen LogP contribution in [0.5, 0.6) is 0 Å². The summed E-state index contributed by atoms with van der Waals surface area (Å²) in [4.78, 5) is 22.6. The summed E-state index contributed by atoms with van der Waals surface area (Å²) in [5.41, 5.74) is 3.24. The van der Waals surface area contributed by atoms with E-state index in [-0.39, 0.29) is 6.04 Å². The van der Waals surface area contributed by atoms with Gasteiger partial charge in [0.05, 0.1) is 23.6 Å². The maximum atomic E-state index is 13.2. The first-order valence-electron chi connectivity index (χ1n) is 11.4. The average Bonchev–Trinajstić information content (AvgIpc) is 3.43. The van der Waals surface area contributed by atoms with Gasteiger partial charge in [0, 0.05) is 24.7 Å². The predicted octanol–water partition coefficient (Wildman–Crippen LogP) is 4.71. The SMILES string of the molecule is O=C(C1CCCCN1Cc1nc2cc(Cl)ccc2n1Cc1ccccc1)N1CCCC1. The number of amides is 1. The molecule has 2 aromatic carbocycles. The molecular formula is C25H29ClN4O. The largest absolute Gasteiger partial charge is 0.341 e. The van der Waals surface area contributed by atoms with Gasteiger partial charge in [-0.3, -0.25) is 9.69 Å². The lowest BCUT2D eigenvalue weighted by Gasteiger charge is -2.36. The second-order valence-corrected chi connectivity index (χ2v) is 9.18. The number of piperidine rings is 1. The van der Waals surface area contributed by atoms with E-state index in [1.165, 1.54) is 5.56 Å². The van der Waals surface area contributed by atoms with E-state index in [1.54, 1.807) is 0 Å². The number of carbonyl (C=O) groups is 1. The number of likely N-dealkylation sites (tertiary alicyclic amines) is 2. The van der Waals surface area contributed by atoms with E-state index in [1.807, 2.05) is 18.2 Å². The molecule has 31 heavy (non-hydrogen) atoms. The molecule has 5 nitrogen and oxygen atoms in total. The molecular weight excluding hydrogens is 408 g/mol. The van der Waals surface area contributed by atoms with Crippen molar-refractivity contribution in [3.63, 3.8) is 0 Å². The number of rotatable bonds is 5. The van der Waals surface area contributed by atoms with Crippen molar-refractivity contribution < 1.29 is 4.79 Å². The van der Waals surface area contributed by atoms with Gasteiger partial charge in [0.15, 0.2) is 0 Å². The number of carbonyl (C=O) groups excluding carboxylic acids is 1. The van der Waals surface area contributed by atoms with Crippen LogP contribution in [0.1, 0.15) is 43.5 Å². The summed E-state index contributed by atoms with van der Waals surface area (Å²) in [6.45, 7) is 4.21. The van der Waals surface area contributed by atoms with E-state index in [0.29, 0.717) is 17.5 Å². The first kappa shape index (κ1) is 20.5. The van der Waals surface area contributed by atoms with Crippen molar-refractivity contribution >= 4 is 28.5 Å². The lowest BCUT2D eigenvalue weighted by Crippen LogP contribution is -2.50. The molecule has 0 aliphatic carbocycles. The Morgan fingerprint density at radius 3 is 2.55 bits per heavy atom. The van der Waals surface area contributed by atoms with E-state index in [9.17, 15) is 4.79 Å². The van der Waals surface area contributed by atoms with E-state index >= 15 is 0 Å². The van der Waals surface area contributed by atoms with Crippen molar-refractivity contribution in [3.05, 3.63) is 64.9 Å². The Balaban J connectivity index is 1.46. The van der Waals surface area contributed by atoms with Crippen LogP contribution in [0.15, 0.2) is 48.5 Å². The zero-order chi connectivity index (χ0) is 21.2. The molecule has 3 heterocycles. The van der Waals surface area contributed by atoms with Gasteiger partial charge >= 0.3 is 0 Å². The Labute approximate surface area is 188 Å². The van der Waals surface area contributed by atoms with Gasteiger partial charge < -0.3 is 9.47 Å². The van der Waals surface area contributed by atoms with Crippen LogP contribution in [0.3, 0.4) is 0 Å². The molecule has 2 aliphatic heterocycles. The topological polar surface area (TPSA) is 41.4 Å². The Morgan fingerprint density at radius 1 is 0.968 bits per heavy atom. The Morgan fingerprint density at radius 2 is 1.74 bits per heavy atom. The first-order chi connectivity index (χ1) is 15.2. The minimum absolute atomic E-state index is 0.0274. The quantitative estimate of drug-likeness (QED) is 0.581. The number of fused-ring (bicyclic) bond motifs is 1. The van der Waals surface area contributed by atoms with Crippen LogP contribution in [-0.2, 0) is 17.9 Å². The van der Waals surface area contributed by atoms with Gasteiger partial charge in [-0.25, -0.2) is 4.98 Å². The van der Waals surface area contributed by atoms with E-state index < -0.39 is 0 Å². The Bertz CT molecular complexity index is 1060. The third kappa shape index (κ3) is 4.35. The third-order valence-electron chi connectivity index (χ3n) is 6.63. The Kier molecular flexibility index (Phi) is 5.97. The normalized spacial score (nSPS) is 19.9. The van der Waals surface area contributed by atoms with Gasteiger partial charge in [0.25, 0.3) is 0 Å². The predicted molar refractivity (Wildman–Crippen MR) is 124 cm³/mol. The molecule has 162 valence electrons. The fourth-order valence-electron chi connectivity index (χ4n) is 5.01. The van der Waals surface area contributed by atoms with E-state index in [4.69, 9.17) is 16.6 Å². The maximum Gasteiger partial charge on any atom is 0.239 e. The summed E-state index contributed by atoms with van der Waals surface area (Å²) >= 11 is 6.26. The monoisotopic (exact) mass is 436 g/mol. The standard InChI is InChI=1S/C25H29ClN4O/c26-20-11-12-22-21(16-20)27-24(30(22)17-19-8-2-1-3-9-19)18-29-15-5-4-10-23(29)25(31)28-13-6-7-14-28/h1-3,8-9,11-12,16,23H,4-7,10,13-15,17-18H2. The molecule has 0 bridgehead atoms. The molecule has 0 spiro atoms. The maximum absolute atomic E-state index is 13.2. The van der Waals surface area contributed by atoms with Gasteiger partial charge in [0.2, 0.25) is 5.91 Å². The highest BCUT2D eigenvalue weighted by Gasteiger charge is 2.33. The summed E-state index contributed by atoms with van der Waals surface area (Å²) in [6.07, 6.45) is 5.46. The lowest BCUT2D eigenvalue weighted by atomic mass is 10.0. The van der Waals surface area contributed by atoms with Gasteiger partial charge in [-0.1, -0.05) is 48.4 Å². The molecule has 0 saturated carbocycles. The highest BCUT2D eigenvalue weighted by Crippen LogP contribution is 2.26. The molecule has 5 rings (SSSR count). The fraction of sp³-hybridized carbons (Fsp3) is 0.440. The minimum atomic E-state index is -0.0274. The fourth-order valence-corrected chi connectivity index (χ4v) is 5.17. The van der Waals surface area contributed by atoms with Crippen LogP contribution in [0.2, 0.25) is 5.02 Å². The average molecular weight is 437 g/mol. The molecule has 1 amide bonds. The van der Waals surface area contributed by atoms with Gasteiger partial charge in [0.1, 0.15) is 5.82 Å². The first-order valence-corrected chi connectivity index (χ1v) is 11.8. The number of hydrogen-bond acceptors (Lipinski definition) is 3. The summed E-state index contributed by atoms with van der Waals surface area (Å²) in [5, 5.41) is 0.698. The number of hydrogen-bond donors (Lipinski definition) is 0. The molecule has 0 N–H and O–H groups in total. The molecule has 1 atom stereocenters. The lowest BCUT2D eigenvalue weighted by molar-refractivity contribution is -0.137. The molecule has 2 saturated heterocycles. The second-order valence-electron chi connectivity index (χ2n) is 8.75. The van der Waals surface area contributed by atoms with Gasteiger partial charge in [-0.05, 0) is 56.0 Å². The van der Waals surface area contributed by atoms with Gasteiger partial charge in [-0.2, -0.15) is 0 Å². The number of benzene rings is 2. The van der Waals surface area contributed by atoms with Crippen LogP contribution >= 0.6 is 11.6 Å². The number of imidazole rings is 1. The van der Waals surface area contributed by atoms with Crippen molar-refractivity contribution in [2.75, 3.05) is 19.6 Å². The van der Waals surface area contributed by atoms with Crippen LogP contribution in [0, 0.1) is 0 Å². The van der Waals surface area contributed by atoms with Crippen molar-refractivity contribution in [2.24, 2.45) is 0 Å². The van der Waals surface area contributed by atoms with Crippen molar-refractivity contribution in [1.82, 2.24) is 19.4 Å². The molecule has 3 aromatic rings. The molecule has 2 aliphatic rings. The second kappa shape index (κ2) is 9.01. The van der Waals surface area contributed by atoms with E-state index in [2.05, 4.69) is 44.7 Å². The molecule has 6 heteroatoms. The van der Waals surface area contributed by atoms with Crippen molar-refractivity contribution in [3.8, 4) is 0 Å². The van der Waals surface area contributed by atoms with Gasteiger partial charge in [-0.15, -0.1) is 0 Å². The Hall–Kier alpha value is -2.37. The van der Waals surface area contributed by atoms with Crippen LogP contribution < -0.4 is 0 Å². The summed E-state index contributed by atoms with van der Waals surface area (Å²) in [5.74, 6) is 1.31. The van der Waals surface area contributed by atoms with Crippen LogP contribution in [-0.4, -0.2) is 50.9 Å². The highest BCUT2D eigenvalue weighted by atomic mass is 35.5. The summed E-state index contributed by atoms with van der Waals surface area (Å²) < 4.78 is 2.28. The van der Waals surface area contributed by atoms with E-state index in [0.717, 1.165) is 75.1 Å². The van der Waals surface area contributed by atoms with Crippen LogP contribution in [0.4, 0.5) is 0 Å². The third-order valence-corrected chi connectivity index (χ3v) is 6.87. The smallest absolute Gasteiger partial charge is 0.239 e. The molecule has 0 radical (unpaired) electrons. The minimum Gasteiger partial charge on any atom is -0.341 e. The number of nitrogens with zero attached hydrogens (tertiary/aromatic N) is 4. The van der Waals surface area contributed by atoms with Crippen LogP contribution in [0.25, 0.3) is 11.0 Å². The summed E-state index contributed by atoms with van der Waals surface area (Å²) in [7, 11) is 0. The number of aromatic nitrogens is 2. The van der Waals surface area contributed by atoms with Crippen molar-refractivity contribution in [1.29, 1.82) is 0 Å². The van der Waals surface area contributed by atoms with Crippen molar-refractivity contribution in [2.45, 2.75) is 51.2 Å². The summed E-state index contributed by atoms with van der Waals surface area (Å²) in [6, 6.07) is 16.4. The zero-order valence-electron chi connectivity index (χ0n) is 17.8. The molecule has 1 aromatic heterocycles. The molecule has 1 unspecified atom stereocenters. The highest BCUT2D eigenvalue weighted by molar-refractivity contribution is 6.31. The molecule has 2 fully saturated rings. The zero-order valence-corrected chi connectivity index (χ0v) is 18.6. The number of halogens is 1.